The van der Waals surface area contributed by atoms with Crippen molar-refractivity contribution in [2.24, 2.45) is 11.8 Å². The summed E-state index contributed by atoms with van der Waals surface area (Å²) in [6.45, 7) is 8.07. The molecule has 1 amide bonds. The molecule has 1 saturated heterocycles. The van der Waals surface area contributed by atoms with E-state index in [0.717, 1.165) is 15.9 Å². The highest BCUT2D eigenvalue weighted by molar-refractivity contribution is 8.01. The van der Waals surface area contributed by atoms with Crippen LogP contribution in [0.3, 0.4) is 0 Å². The quantitative estimate of drug-likeness (QED) is 0.0331. The van der Waals surface area contributed by atoms with Crippen molar-refractivity contribution in [2.75, 3.05) is 19.5 Å². The van der Waals surface area contributed by atoms with Gasteiger partial charge in [0, 0.05) is 18.6 Å². The average molecular weight is 874 g/mol. The van der Waals surface area contributed by atoms with Crippen LogP contribution in [0.15, 0.2) is 125 Å². The Morgan fingerprint density at radius 3 is 1.93 bits per heavy atom. The van der Waals surface area contributed by atoms with Crippen molar-refractivity contribution in [3.05, 3.63) is 126 Å². The fraction of sp³-hybridized carbons (Fsp3) is 0.356. The van der Waals surface area contributed by atoms with Crippen LogP contribution in [0, 0.1) is 11.8 Å². The van der Waals surface area contributed by atoms with Gasteiger partial charge in [-0.05, 0) is 58.7 Å². The van der Waals surface area contributed by atoms with E-state index in [-0.39, 0.29) is 28.7 Å². The van der Waals surface area contributed by atoms with Gasteiger partial charge in [0.1, 0.15) is 23.3 Å². The number of thioether (sulfide) groups is 1. The van der Waals surface area contributed by atoms with Gasteiger partial charge in [-0.1, -0.05) is 147 Å². The van der Waals surface area contributed by atoms with Gasteiger partial charge >= 0.3 is 5.97 Å². The van der Waals surface area contributed by atoms with Gasteiger partial charge in [-0.2, -0.15) is 0 Å². The molecule has 0 bridgehead atoms. The lowest BCUT2D eigenvalue weighted by Gasteiger charge is -2.55. The minimum absolute atomic E-state index is 0.0973. The van der Waals surface area contributed by atoms with E-state index in [1.807, 2.05) is 110 Å². The number of hydrogen-bond donors (Lipinski definition) is 1. The Morgan fingerprint density at radius 2 is 1.47 bits per heavy atom. The molecular weight excluding hydrogens is 821 g/mol. The summed E-state index contributed by atoms with van der Waals surface area (Å²) in [5.41, 5.74) is 2.43. The van der Waals surface area contributed by atoms with E-state index in [9.17, 15) is 5.11 Å². The zero-order chi connectivity index (χ0) is 42.4. The van der Waals surface area contributed by atoms with Crippen molar-refractivity contribution in [2.45, 2.75) is 75.0 Å². The molecule has 0 spiro atoms. The summed E-state index contributed by atoms with van der Waals surface area (Å²) in [6, 6.07) is 35.4. The molecule has 0 aliphatic carbocycles. The third-order valence-corrected chi connectivity index (χ3v) is 22.3. The number of esters is 1. The van der Waals surface area contributed by atoms with Crippen molar-refractivity contribution in [3.63, 3.8) is 0 Å². The lowest BCUT2D eigenvalue weighted by molar-refractivity contribution is -0.163. The Kier molecular flexibility index (Phi) is 14.4. The molecular formula is C45H53FN3O6PS2Si. The molecule has 0 radical (unpaired) electrons. The molecule has 5 atom stereocenters. The van der Waals surface area contributed by atoms with E-state index in [1.165, 1.54) is 28.0 Å². The first-order valence-electron chi connectivity index (χ1n) is 19.6. The summed E-state index contributed by atoms with van der Waals surface area (Å²) in [7, 11) is -0.882. The van der Waals surface area contributed by atoms with Crippen LogP contribution in [0.2, 0.25) is 18.1 Å². The third kappa shape index (κ3) is 9.31. The Bertz CT molecular complexity index is 2110. The number of benzene rings is 4. The summed E-state index contributed by atoms with van der Waals surface area (Å²) in [4.78, 5) is 32.3. The second-order valence-electron chi connectivity index (χ2n) is 16.1. The number of methoxy groups -OCH3 is 1. The molecule has 5 aromatic rings. The van der Waals surface area contributed by atoms with Gasteiger partial charge in [-0.15, -0.1) is 10.2 Å². The molecule has 6 rings (SSSR count). The second-order valence-corrected chi connectivity index (χ2v) is 26.3. The molecule has 2 heterocycles. The van der Waals surface area contributed by atoms with Crippen LogP contribution in [0.5, 0.6) is 5.75 Å². The number of β-lactam (4-membered cyclic amide) rings is 1. The molecule has 9 nitrogen and oxygen atoms in total. The zero-order valence-corrected chi connectivity index (χ0v) is 38.1. The van der Waals surface area contributed by atoms with E-state index in [2.05, 4.69) is 44.1 Å². The number of nitrogens with zero attached hydrogens (tertiary/aromatic N) is 3. The van der Waals surface area contributed by atoms with Gasteiger partial charge in [-0.25, -0.2) is 4.79 Å². The van der Waals surface area contributed by atoms with Gasteiger partial charge in [0.15, 0.2) is 12.7 Å². The molecule has 4 aromatic carbocycles. The molecule has 1 N–H and O–H groups in total. The molecule has 1 aliphatic heterocycles. The fourth-order valence-corrected chi connectivity index (χ4v) is 14.8. The highest BCUT2D eigenvalue weighted by atomic mass is 32.2. The van der Waals surface area contributed by atoms with E-state index in [1.54, 1.807) is 24.8 Å². The maximum Gasteiger partial charge on any atom is 0.356 e. The molecule has 1 aliphatic rings. The van der Waals surface area contributed by atoms with Crippen LogP contribution in [0.1, 0.15) is 33.3 Å². The summed E-state index contributed by atoms with van der Waals surface area (Å²) >= 11 is 2.60. The maximum absolute atomic E-state index is 16.0. The Balaban J connectivity index is 1.62. The normalized spacial score (nSPS) is 17.4. The van der Waals surface area contributed by atoms with Gasteiger partial charge in [-0.3, -0.25) is 9.18 Å². The van der Waals surface area contributed by atoms with Crippen molar-refractivity contribution < 1.29 is 33.0 Å². The molecule has 312 valence electrons. The Morgan fingerprint density at radius 1 is 0.932 bits per heavy atom. The fourth-order valence-electron chi connectivity index (χ4n) is 7.46. The summed E-state index contributed by atoms with van der Waals surface area (Å²) < 4.78 is 35.2. The number of carbonyl (C=O) groups is 2. The minimum Gasteiger partial charge on any atom is -0.497 e. The SMILES string of the molecule is COc1ccc(COC(=O)C(N2C(=O)[C@H]([C@@H](C)O[Si](C)(C)C(C)(C)C)[C@H]2[C@@H](CF)[C@@H](O)CSc2nncs2)=P(c2ccccc2)(c2ccccc2)c2ccccc2)cc1. The van der Waals surface area contributed by atoms with Crippen LogP contribution >= 0.6 is 30.0 Å². The van der Waals surface area contributed by atoms with Gasteiger partial charge in [0.05, 0.1) is 38.0 Å². The number of aromatic nitrogens is 2. The first-order chi connectivity index (χ1) is 28.2. The Hall–Kier alpha value is -4.10. The Labute approximate surface area is 356 Å². The molecule has 1 aromatic heterocycles. The van der Waals surface area contributed by atoms with Crippen LogP contribution in [0.4, 0.5) is 4.39 Å². The van der Waals surface area contributed by atoms with E-state index < -0.39 is 57.9 Å². The third-order valence-electron chi connectivity index (χ3n) is 11.5. The number of rotatable bonds is 17. The lowest BCUT2D eigenvalue weighted by atomic mass is 9.74. The van der Waals surface area contributed by atoms with Crippen LogP contribution < -0.4 is 20.7 Å². The molecule has 14 heteroatoms. The number of alkyl halides is 1. The van der Waals surface area contributed by atoms with Gasteiger partial charge in [0.25, 0.3) is 0 Å². The standard InChI is InChI=1S/C45H53FN3O6PS2Si/c1-31(55-59(6,7)45(2,3)4)39-40(37(27-46)38(50)29-57-44-48-47-30-58-44)49(41(39)51)42(43(52)54-28-32-23-25-33(53-5)26-24-32)56(34-17-11-8-12-18-34,35-19-13-9-14-20-35)36-21-15-10-16-22-36/h8-26,30-31,37-40,50H,27-29H2,1-7H3/t31-,37+,38+,39-,40-/m1/s1. The van der Waals surface area contributed by atoms with Crippen molar-refractivity contribution in [1.29, 1.82) is 0 Å². The predicted molar refractivity (Wildman–Crippen MR) is 241 cm³/mol. The predicted octanol–water partition coefficient (Wildman–Crippen LogP) is 7.69. The van der Waals surface area contributed by atoms with Crippen LogP contribution in [-0.4, -0.2) is 83.6 Å². The van der Waals surface area contributed by atoms with Crippen LogP contribution in [-0.2, 0) is 25.4 Å². The molecule has 1 fully saturated rings. The number of ether oxygens (including phenoxy) is 2. The number of amides is 1. The lowest BCUT2D eigenvalue weighted by Crippen LogP contribution is -2.72. The number of halogens is 1. The molecule has 0 saturated carbocycles. The highest BCUT2D eigenvalue weighted by Crippen LogP contribution is 2.51. The average Bonchev–Trinajstić information content (AvgIpc) is 3.76. The van der Waals surface area contributed by atoms with E-state index in [4.69, 9.17) is 13.9 Å². The van der Waals surface area contributed by atoms with E-state index in [0.29, 0.717) is 15.7 Å². The van der Waals surface area contributed by atoms with Crippen molar-refractivity contribution in [3.8, 4) is 5.75 Å². The number of likely N-dealkylation sites (tertiary alicyclic amines) is 1. The van der Waals surface area contributed by atoms with Crippen LogP contribution in [0.25, 0.3) is 0 Å². The largest absolute Gasteiger partial charge is 0.497 e. The summed E-state index contributed by atoms with van der Waals surface area (Å²) in [5, 5.41) is 22.2. The number of carbonyl (C=O) groups excluding carboxylic acids is 2. The maximum atomic E-state index is 16.0. The highest BCUT2D eigenvalue weighted by Gasteiger charge is 2.60. The minimum atomic E-state index is -3.34. The van der Waals surface area contributed by atoms with Gasteiger partial charge in [0.2, 0.25) is 5.91 Å². The van der Waals surface area contributed by atoms with Crippen molar-refractivity contribution >= 4 is 71.5 Å². The second kappa shape index (κ2) is 19.1. The van der Waals surface area contributed by atoms with Gasteiger partial charge < -0.3 is 23.9 Å². The monoisotopic (exact) mass is 873 g/mol. The summed E-state index contributed by atoms with van der Waals surface area (Å²) in [6.07, 6.45) is -1.89. The first kappa shape index (κ1) is 44.4. The summed E-state index contributed by atoms with van der Waals surface area (Å²) in [5.74, 6) is -2.32. The van der Waals surface area contributed by atoms with E-state index >= 15 is 14.0 Å². The smallest absolute Gasteiger partial charge is 0.356 e. The number of hydrogen-bond acceptors (Lipinski definition) is 10. The molecule has 59 heavy (non-hydrogen) atoms. The first-order valence-corrected chi connectivity index (χ1v) is 26.2. The number of aliphatic hydroxyl groups is 1. The van der Waals surface area contributed by atoms with Crippen molar-refractivity contribution in [1.82, 2.24) is 15.1 Å². The zero-order valence-electron chi connectivity index (χ0n) is 34.5. The topological polar surface area (TPSA) is 111 Å². The number of aliphatic hydroxyl groups excluding tert-OH is 1. The molecule has 0 unspecified atom stereocenters.